The Morgan fingerprint density at radius 2 is 2.29 bits per heavy atom. The van der Waals surface area contributed by atoms with Crippen LogP contribution < -0.4 is 11.1 Å². The van der Waals surface area contributed by atoms with Gasteiger partial charge in [-0.05, 0) is 24.6 Å². The molecule has 1 unspecified atom stereocenters. The lowest BCUT2D eigenvalue weighted by Crippen LogP contribution is -2.29. The summed E-state index contributed by atoms with van der Waals surface area (Å²) in [6, 6.07) is 4.07. The molecule has 0 aliphatic carbocycles. The zero-order chi connectivity index (χ0) is 12.8. The van der Waals surface area contributed by atoms with Crippen LogP contribution in [-0.2, 0) is 4.79 Å². The number of carbonyl (C=O) groups excluding carboxylic acids is 1. The van der Waals surface area contributed by atoms with Crippen LogP contribution in [-0.4, -0.2) is 12.5 Å². The van der Waals surface area contributed by atoms with E-state index in [1.54, 1.807) is 0 Å². The second-order valence-electron chi connectivity index (χ2n) is 3.84. The molecule has 94 valence electrons. The average molecular weight is 259 g/mol. The fraction of sp³-hybridized carbons (Fsp3) is 0.417. The molecular weight excluding hydrogens is 243 g/mol. The third-order valence-electron chi connectivity index (χ3n) is 2.48. The molecule has 0 spiro atoms. The van der Waals surface area contributed by atoms with Gasteiger partial charge in [-0.15, -0.1) is 0 Å². The first-order valence-electron chi connectivity index (χ1n) is 5.54. The summed E-state index contributed by atoms with van der Waals surface area (Å²) in [4.78, 5) is 11.8. The molecule has 0 radical (unpaired) electrons. The van der Waals surface area contributed by atoms with Gasteiger partial charge in [0.1, 0.15) is 5.82 Å². The second-order valence-corrected chi connectivity index (χ2v) is 4.25. The molecule has 3 nitrogen and oxygen atoms in total. The quantitative estimate of drug-likeness (QED) is 0.853. The summed E-state index contributed by atoms with van der Waals surface area (Å²) in [5.41, 5.74) is 6.00. The average Bonchev–Trinajstić information content (AvgIpc) is 2.30. The first-order chi connectivity index (χ1) is 8.08. The molecule has 0 heterocycles. The Kier molecular flexibility index (Phi) is 5.38. The highest BCUT2D eigenvalue weighted by Gasteiger charge is 2.16. The van der Waals surface area contributed by atoms with E-state index in [1.165, 1.54) is 18.2 Å². The molecule has 0 bridgehead atoms. The van der Waals surface area contributed by atoms with Gasteiger partial charge in [-0.1, -0.05) is 24.9 Å². The minimum Gasteiger partial charge on any atom is -0.330 e. The number of carbonyl (C=O) groups is 1. The van der Waals surface area contributed by atoms with Crippen molar-refractivity contribution in [1.82, 2.24) is 0 Å². The maximum absolute atomic E-state index is 12.9. The van der Waals surface area contributed by atoms with Crippen LogP contribution in [0.3, 0.4) is 0 Å². The van der Waals surface area contributed by atoms with Crippen LogP contribution >= 0.6 is 11.6 Å². The van der Waals surface area contributed by atoms with E-state index < -0.39 is 5.82 Å². The zero-order valence-corrected chi connectivity index (χ0v) is 10.4. The maximum Gasteiger partial charge on any atom is 0.228 e. The third kappa shape index (κ3) is 3.98. The Hall–Kier alpha value is -1.13. The smallest absolute Gasteiger partial charge is 0.228 e. The normalized spacial score (nSPS) is 12.2. The fourth-order valence-corrected chi connectivity index (χ4v) is 1.70. The first kappa shape index (κ1) is 13.9. The van der Waals surface area contributed by atoms with Crippen LogP contribution in [0, 0.1) is 11.7 Å². The van der Waals surface area contributed by atoms with Crippen molar-refractivity contribution in [2.45, 2.75) is 19.8 Å². The molecule has 0 aliphatic heterocycles. The lowest BCUT2D eigenvalue weighted by molar-refractivity contribution is -0.119. The van der Waals surface area contributed by atoms with Crippen LogP contribution in [0.2, 0.25) is 5.02 Å². The van der Waals surface area contributed by atoms with Crippen LogP contribution in [0.15, 0.2) is 18.2 Å². The van der Waals surface area contributed by atoms with Gasteiger partial charge in [0.05, 0.1) is 10.9 Å². The predicted molar refractivity (Wildman–Crippen MR) is 67.5 cm³/mol. The van der Waals surface area contributed by atoms with Gasteiger partial charge >= 0.3 is 0 Å². The lowest BCUT2D eigenvalue weighted by atomic mass is 10.0. The van der Waals surface area contributed by atoms with Crippen molar-refractivity contribution in [2.75, 3.05) is 11.9 Å². The van der Waals surface area contributed by atoms with Gasteiger partial charge in [0.15, 0.2) is 0 Å². The first-order valence-corrected chi connectivity index (χ1v) is 5.92. The van der Waals surface area contributed by atoms with Crippen molar-refractivity contribution < 1.29 is 9.18 Å². The molecule has 5 heteroatoms. The van der Waals surface area contributed by atoms with Crippen LogP contribution in [0.25, 0.3) is 0 Å². The maximum atomic E-state index is 12.9. The van der Waals surface area contributed by atoms with Crippen molar-refractivity contribution in [3.05, 3.63) is 29.0 Å². The van der Waals surface area contributed by atoms with Crippen LogP contribution in [0.4, 0.5) is 10.1 Å². The van der Waals surface area contributed by atoms with Gasteiger partial charge in [0.25, 0.3) is 0 Å². The van der Waals surface area contributed by atoms with E-state index in [4.69, 9.17) is 17.3 Å². The molecule has 0 saturated carbocycles. The Labute approximate surface area is 105 Å². The number of amides is 1. The molecule has 0 aliphatic rings. The molecule has 1 aromatic carbocycles. The van der Waals surface area contributed by atoms with Gasteiger partial charge in [-0.25, -0.2) is 4.39 Å². The Balaban J connectivity index is 2.69. The number of halogens is 2. The molecular formula is C12H16ClFN2O. The zero-order valence-electron chi connectivity index (χ0n) is 9.67. The Morgan fingerprint density at radius 3 is 2.82 bits per heavy atom. The standard InChI is InChI=1S/C12H16ClFN2O/c1-2-3-8(7-15)12(17)16-9-4-5-11(14)10(13)6-9/h4-6,8H,2-3,7,15H2,1H3,(H,16,17). The minimum atomic E-state index is -0.506. The van der Waals surface area contributed by atoms with E-state index in [1.807, 2.05) is 6.92 Å². The third-order valence-corrected chi connectivity index (χ3v) is 2.77. The lowest BCUT2D eigenvalue weighted by Gasteiger charge is -2.14. The van der Waals surface area contributed by atoms with Crippen molar-refractivity contribution in [2.24, 2.45) is 11.7 Å². The van der Waals surface area contributed by atoms with Gasteiger partial charge in [-0.3, -0.25) is 4.79 Å². The van der Waals surface area contributed by atoms with Crippen molar-refractivity contribution in [3.63, 3.8) is 0 Å². The molecule has 0 saturated heterocycles. The summed E-state index contributed by atoms with van der Waals surface area (Å²) < 4.78 is 12.9. The minimum absolute atomic E-state index is 0.0115. The number of anilines is 1. The van der Waals surface area contributed by atoms with Crippen LogP contribution in [0.1, 0.15) is 19.8 Å². The number of benzene rings is 1. The highest BCUT2D eigenvalue weighted by molar-refractivity contribution is 6.31. The highest BCUT2D eigenvalue weighted by atomic mass is 35.5. The van der Waals surface area contributed by atoms with Gasteiger partial charge in [0.2, 0.25) is 5.91 Å². The molecule has 3 N–H and O–H groups in total. The van der Waals surface area contributed by atoms with Crippen molar-refractivity contribution in [1.29, 1.82) is 0 Å². The van der Waals surface area contributed by atoms with Crippen LogP contribution in [0.5, 0.6) is 0 Å². The predicted octanol–water partition coefficient (Wildman–Crippen LogP) is 2.79. The van der Waals surface area contributed by atoms with E-state index in [9.17, 15) is 9.18 Å². The molecule has 1 amide bonds. The Bertz CT molecular complexity index is 398. The number of rotatable bonds is 5. The number of nitrogens with one attached hydrogen (secondary N) is 1. The van der Waals surface area contributed by atoms with E-state index in [0.29, 0.717) is 12.2 Å². The summed E-state index contributed by atoms with van der Waals surface area (Å²) in [5.74, 6) is -0.880. The highest BCUT2D eigenvalue weighted by Crippen LogP contribution is 2.20. The molecule has 1 atom stereocenters. The van der Waals surface area contributed by atoms with E-state index in [-0.39, 0.29) is 16.8 Å². The van der Waals surface area contributed by atoms with Gasteiger partial charge < -0.3 is 11.1 Å². The fourth-order valence-electron chi connectivity index (χ4n) is 1.52. The summed E-state index contributed by atoms with van der Waals surface area (Å²) in [6.45, 7) is 2.29. The summed E-state index contributed by atoms with van der Waals surface area (Å²) >= 11 is 5.62. The second kappa shape index (κ2) is 6.57. The Morgan fingerprint density at radius 1 is 1.59 bits per heavy atom. The number of hydrogen-bond donors (Lipinski definition) is 2. The largest absolute Gasteiger partial charge is 0.330 e. The molecule has 0 aromatic heterocycles. The number of nitrogens with two attached hydrogens (primary N) is 1. The summed E-state index contributed by atoms with van der Waals surface area (Å²) in [5, 5.41) is 2.66. The number of hydrogen-bond acceptors (Lipinski definition) is 2. The molecule has 17 heavy (non-hydrogen) atoms. The monoisotopic (exact) mass is 258 g/mol. The van der Waals surface area contributed by atoms with E-state index in [2.05, 4.69) is 5.32 Å². The van der Waals surface area contributed by atoms with Gasteiger partial charge in [-0.2, -0.15) is 0 Å². The van der Waals surface area contributed by atoms with E-state index >= 15 is 0 Å². The molecule has 1 aromatic rings. The summed E-state index contributed by atoms with van der Waals surface area (Å²) in [7, 11) is 0. The molecule has 1 rings (SSSR count). The van der Waals surface area contributed by atoms with Crippen molar-refractivity contribution in [3.8, 4) is 0 Å². The molecule has 0 fully saturated rings. The van der Waals surface area contributed by atoms with E-state index in [0.717, 1.165) is 12.8 Å². The van der Waals surface area contributed by atoms with Gasteiger partial charge in [0, 0.05) is 12.2 Å². The summed E-state index contributed by atoms with van der Waals surface area (Å²) in [6.07, 6.45) is 1.62. The topological polar surface area (TPSA) is 55.1 Å². The SMILES string of the molecule is CCCC(CN)C(=O)Nc1ccc(F)c(Cl)c1. The van der Waals surface area contributed by atoms with Crippen molar-refractivity contribution >= 4 is 23.2 Å².